The topological polar surface area (TPSA) is 70.2 Å². The molecule has 2 N–H and O–H groups in total. The number of rotatable bonds is 5. The molecule has 5 heteroatoms. The minimum Gasteiger partial charge on any atom is -0.481 e. The van der Waals surface area contributed by atoms with E-state index in [9.17, 15) is 14.7 Å². The summed E-state index contributed by atoms with van der Waals surface area (Å²) in [6.45, 7) is 0. The summed E-state index contributed by atoms with van der Waals surface area (Å²) in [4.78, 5) is 27.5. The number of ketones is 1. The number of carboxylic acids is 1. The summed E-state index contributed by atoms with van der Waals surface area (Å²) in [5.74, 6) is -1.20. The SMILES string of the molecule is O=C(O)Cc1c(C(=O)c2ccc(-c3ccc(Cl)cc3)cc2)[nH]c2ccccc12. The molecule has 0 radical (unpaired) electrons. The summed E-state index contributed by atoms with van der Waals surface area (Å²) in [6.07, 6.45) is -0.214. The molecule has 28 heavy (non-hydrogen) atoms. The number of nitrogens with one attached hydrogen (secondary N) is 1. The third kappa shape index (κ3) is 3.42. The van der Waals surface area contributed by atoms with Crippen molar-refractivity contribution in [2.75, 3.05) is 0 Å². The predicted molar refractivity (Wildman–Crippen MR) is 110 cm³/mol. The number of carbonyl (C=O) groups excluding carboxylic acids is 1. The van der Waals surface area contributed by atoms with E-state index < -0.39 is 5.97 Å². The van der Waals surface area contributed by atoms with Crippen molar-refractivity contribution in [2.24, 2.45) is 0 Å². The lowest BCUT2D eigenvalue weighted by molar-refractivity contribution is -0.136. The Bertz CT molecular complexity index is 1170. The van der Waals surface area contributed by atoms with Crippen LogP contribution in [0.15, 0.2) is 72.8 Å². The highest BCUT2D eigenvalue weighted by Gasteiger charge is 2.20. The maximum Gasteiger partial charge on any atom is 0.307 e. The van der Waals surface area contributed by atoms with E-state index in [1.54, 1.807) is 12.1 Å². The second-order valence-electron chi connectivity index (χ2n) is 6.51. The second kappa shape index (κ2) is 7.33. The van der Waals surface area contributed by atoms with Gasteiger partial charge in [0.1, 0.15) is 0 Å². The van der Waals surface area contributed by atoms with E-state index in [0.717, 1.165) is 22.0 Å². The first kappa shape index (κ1) is 18.0. The van der Waals surface area contributed by atoms with Gasteiger partial charge in [-0.2, -0.15) is 0 Å². The Morgan fingerprint density at radius 1 is 0.857 bits per heavy atom. The van der Waals surface area contributed by atoms with Crippen LogP contribution in [-0.4, -0.2) is 21.8 Å². The fourth-order valence-corrected chi connectivity index (χ4v) is 3.46. The van der Waals surface area contributed by atoms with Gasteiger partial charge < -0.3 is 10.1 Å². The summed E-state index contributed by atoms with van der Waals surface area (Å²) < 4.78 is 0. The fraction of sp³-hybridized carbons (Fsp3) is 0.0435. The smallest absolute Gasteiger partial charge is 0.307 e. The van der Waals surface area contributed by atoms with Crippen molar-refractivity contribution in [2.45, 2.75) is 6.42 Å². The summed E-state index contributed by atoms with van der Waals surface area (Å²) in [7, 11) is 0. The van der Waals surface area contributed by atoms with Crippen LogP contribution in [-0.2, 0) is 11.2 Å². The van der Waals surface area contributed by atoms with Gasteiger partial charge in [0.25, 0.3) is 0 Å². The number of para-hydroxylation sites is 1. The molecule has 4 aromatic rings. The van der Waals surface area contributed by atoms with Gasteiger partial charge in [0, 0.05) is 27.1 Å². The summed E-state index contributed by atoms with van der Waals surface area (Å²) in [5, 5.41) is 10.7. The first-order chi connectivity index (χ1) is 13.5. The highest BCUT2D eigenvalue weighted by atomic mass is 35.5. The number of hydrogen-bond acceptors (Lipinski definition) is 2. The molecule has 0 bridgehead atoms. The van der Waals surface area contributed by atoms with E-state index in [1.165, 1.54) is 0 Å². The molecule has 4 nitrogen and oxygen atoms in total. The van der Waals surface area contributed by atoms with E-state index in [2.05, 4.69) is 4.98 Å². The van der Waals surface area contributed by atoms with Crippen molar-refractivity contribution in [3.63, 3.8) is 0 Å². The van der Waals surface area contributed by atoms with Gasteiger partial charge >= 0.3 is 5.97 Å². The zero-order valence-electron chi connectivity index (χ0n) is 14.8. The van der Waals surface area contributed by atoms with Gasteiger partial charge in [-0.05, 0) is 29.3 Å². The van der Waals surface area contributed by atoms with Crippen LogP contribution in [0.2, 0.25) is 5.02 Å². The van der Waals surface area contributed by atoms with Crippen molar-refractivity contribution in [1.29, 1.82) is 0 Å². The summed E-state index contributed by atoms with van der Waals surface area (Å²) in [5.41, 5.74) is 4.05. The molecule has 0 unspecified atom stereocenters. The minimum atomic E-state index is -0.975. The molecule has 0 aliphatic heterocycles. The van der Waals surface area contributed by atoms with Crippen LogP contribution in [0.3, 0.4) is 0 Å². The molecular weight excluding hydrogens is 374 g/mol. The largest absolute Gasteiger partial charge is 0.481 e. The fourth-order valence-electron chi connectivity index (χ4n) is 3.33. The molecule has 0 spiro atoms. The molecule has 3 aromatic carbocycles. The Morgan fingerprint density at radius 2 is 1.46 bits per heavy atom. The number of aliphatic carboxylic acids is 1. The maximum absolute atomic E-state index is 13.1. The lowest BCUT2D eigenvalue weighted by Gasteiger charge is -2.05. The van der Waals surface area contributed by atoms with E-state index >= 15 is 0 Å². The van der Waals surface area contributed by atoms with Gasteiger partial charge in [-0.15, -0.1) is 0 Å². The number of carboxylic acid groups (broad SMARTS) is 1. The van der Waals surface area contributed by atoms with Gasteiger partial charge in [0.05, 0.1) is 12.1 Å². The number of carbonyl (C=O) groups is 2. The lowest BCUT2D eigenvalue weighted by atomic mass is 9.99. The molecule has 4 rings (SSSR count). The van der Waals surface area contributed by atoms with Crippen LogP contribution in [0.1, 0.15) is 21.6 Å². The monoisotopic (exact) mass is 389 g/mol. The molecule has 0 atom stereocenters. The molecule has 0 aliphatic carbocycles. The van der Waals surface area contributed by atoms with Crippen LogP contribution >= 0.6 is 11.6 Å². The van der Waals surface area contributed by atoms with Crippen LogP contribution in [0, 0.1) is 0 Å². The number of benzene rings is 3. The van der Waals surface area contributed by atoms with Gasteiger partial charge in [-0.25, -0.2) is 0 Å². The highest BCUT2D eigenvalue weighted by Crippen LogP contribution is 2.27. The average molecular weight is 390 g/mol. The molecule has 0 aliphatic rings. The average Bonchev–Trinajstić information content (AvgIpc) is 3.06. The molecular formula is C23H16ClNO3. The van der Waals surface area contributed by atoms with Crippen molar-refractivity contribution < 1.29 is 14.7 Å². The van der Waals surface area contributed by atoms with E-state index in [0.29, 0.717) is 21.8 Å². The van der Waals surface area contributed by atoms with Crippen LogP contribution < -0.4 is 0 Å². The maximum atomic E-state index is 13.1. The number of fused-ring (bicyclic) bond motifs is 1. The van der Waals surface area contributed by atoms with Crippen LogP contribution in [0.4, 0.5) is 0 Å². The third-order valence-corrected chi connectivity index (χ3v) is 4.95. The van der Waals surface area contributed by atoms with Crippen molar-refractivity contribution in [3.05, 3.63) is 94.6 Å². The number of aromatic nitrogens is 1. The molecule has 1 heterocycles. The van der Waals surface area contributed by atoms with E-state index in [4.69, 9.17) is 11.6 Å². The Balaban J connectivity index is 1.71. The standard InChI is InChI=1S/C23H16ClNO3/c24-17-11-9-15(10-12-17)14-5-7-16(8-6-14)23(28)22-19(13-21(26)27)18-3-1-2-4-20(18)25-22/h1-12,25H,13H2,(H,26,27). The Kier molecular flexibility index (Phi) is 4.72. The summed E-state index contributed by atoms with van der Waals surface area (Å²) >= 11 is 5.93. The number of aromatic amines is 1. The quantitative estimate of drug-likeness (QED) is 0.452. The Morgan fingerprint density at radius 3 is 2.11 bits per heavy atom. The van der Waals surface area contributed by atoms with Crippen molar-refractivity contribution >= 4 is 34.3 Å². The minimum absolute atomic E-state index is 0.214. The number of halogens is 1. The molecule has 0 amide bonds. The Labute approximate surface area is 166 Å². The van der Waals surface area contributed by atoms with Gasteiger partial charge in [-0.1, -0.05) is 66.2 Å². The summed E-state index contributed by atoms with van der Waals surface area (Å²) in [6, 6.07) is 22.1. The molecule has 1 aromatic heterocycles. The second-order valence-corrected chi connectivity index (χ2v) is 6.94. The molecule has 138 valence electrons. The van der Waals surface area contributed by atoms with E-state index in [1.807, 2.05) is 60.7 Å². The first-order valence-corrected chi connectivity index (χ1v) is 9.13. The molecule has 0 saturated carbocycles. The van der Waals surface area contributed by atoms with Crippen LogP contribution in [0.5, 0.6) is 0 Å². The van der Waals surface area contributed by atoms with Crippen molar-refractivity contribution in [3.8, 4) is 11.1 Å². The lowest BCUT2D eigenvalue weighted by Crippen LogP contribution is -2.08. The predicted octanol–water partition coefficient (Wildman–Crippen LogP) is 5.35. The molecule has 0 saturated heterocycles. The van der Waals surface area contributed by atoms with Crippen molar-refractivity contribution in [1.82, 2.24) is 4.98 Å². The van der Waals surface area contributed by atoms with Gasteiger partial charge in [-0.3, -0.25) is 9.59 Å². The van der Waals surface area contributed by atoms with E-state index in [-0.39, 0.29) is 12.2 Å². The third-order valence-electron chi connectivity index (χ3n) is 4.69. The zero-order valence-corrected chi connectivity index (χ0v) is 15.5. The zero-order chi connectivity index (χ0) is 19.7. The van der Waals surface area contributed by atoms with Gasteiger partial charge in [0.2, 0.25) is 5.78 Å². The highest BCUT2D eigenvalue weighted by molar-refractivity contribution is 6.30. The molecule has 0 fully saturated rings. The number of H-pyrrole nitrogens is 1. The van der Waals surface area contributed by atoms with Gasteiger partial charge in [0.15, 0.2) is 0 Å². The first-order valence-electron chi connectivity index (χ1n) is 8.75. The Hall–Kier alpha value is -3.37. The van der Waals surface area contributed by atoms with Crippen LogP contribution in [0.25, 0.3) is 22.0 Å². The number of hydrogen-bond donors (Lipinski definition) is 2. The normalized spacial score (nSPS) is 10.9.